The summed E-state index contributed by atoms with van der Waals surface area (Å²) in [5.41, 5.74) is 0.544. The van der Waals surface area contributed by atoms with Crippen molar-refractivity contribution in [3.63, 3.8) is 0 Å². The van der Waals surface area contributed by atoms with Crippen LogP contribution in [0.4, 0.5) is 0 Å². The molecule has 0 radical (unpaired) electrons. The number of rotatable bonds is 0. The van der Waals surface area contributed by atoms with Gasteiger partial charge in [0.05, 0.1) is 12.2 Å². The van der Waals surface area contributed by atoms with Gasteiger partial charge in [-0.05, 0) is 18.2 Å². The highest BCUT2D eigenvalue weighted by Crippen LogP contribution is 2.33. The van der Waals surface area contributed by atoms with Crippen molar-refractivity contribution in [3.8, 4) is 5.75 Å². The van der Waals surface area contributed by atoms with Gasteiger partial charge in [-0.1, -0.05) is 15.9 Å². The number of hydrogen-bond acceptors (Lipinski definition) is 3. The zero-order valence-electron chi connectivity index (χ0n) is 7.77. The first-order valence-electron chi connectivity index (χ1n) is 4.68. The molecule has 0 unspecified atom stereocenters. The first-order valence-corrected chi connectivity index (χ1v) is 5.48. The third-order valence-electron chi connectivity index (χ3n) is 2.49. The van der Waals surface area contributed by atoms with Crippen LogP contribution in [-0.2, 0) is 4.84 Å². The van der Waals surface area contributed by atoms with Crippen LogP contribution in [0.1, 0.15) is 16.8 Å². The molecule has 15 heavy (non-hydrogen) atoms. The van der Waals surface area contributed by atoms with Gasteiger partial charge in [-0.2, -0.15) is 5.06 Å². The number of hydroxylamine groups is 2. The van der Waals surface area contributed by atoms with Crippen molar-refractivity contribution in [2.75, 3.05) is 6.61 Å². The summed E-state index contributed by atoms with van der Waals surface area (Å²) in [5, 5.41) is 1.31. The molecule has 0 aliphatic carbocycles. The highest BCUT2D eigenvalue weighted by Gasteiger charge is 2.38. The van der Waals surface area contributed by atoms with Crippen LogP contribution in [0.5, 0.6) is 5.75 Å². The molecule has 0 N–H and O–H groups in total. The smallest absolute Gasteiger partial charge is 0.284 e. The van der Waals surface area contributed by atoms with Crippen LogP contribution in [-0.4, -0.2) is 23.8 Å². The van der Waals surface area contributed by atoms with Gasteiger partial charge < -0.3 is 4.74 Å². The lowest BCUT2D eigenvalue weighted by molar-refractivity contribution is -0.140. The quantitative estimate of drug-likeness (QED) is 0.723. The average Bonchev–Trinajstić information content (AvgIpc) is 2.68. The number of benzene rings is 1. The fourth-order valence-corrected chi connectivity index (χ4v) is 2.15. The first kappa shape index (κ1) is 9.18. The standard InChI is InChI=1S/C10H8BrNO3/c11-6-1-2-8-7(5-6)10(13)12-9(15-8)3-4-14-12/h1-2,5,9H,3-4H2/t9-/m1/s1. The van der Waals surface area contributed by atoms with E-state index in [4.69, 9.17) is 9.57 Å². The zero-order valence-corrected chi connectivity index (χ0v) is 9.36. The molecule has 0 aromatic heterocycles. The summed E-state index contributed by atoms with van der Waals surface area (Å²) >= 11 is 3.32. The molecule has 1 aromatic carbocycles. The third kappa shape index (κ3) is 1.34. The van der Waals surface area contributed by atoms with Gasteiger partial charge in [-0.25, -0.2) is 0 Å². The van der Waals surface area contributed by atoms with Crippen molar-refractivity contribution < 1.29 is 14.4 Å². The van der Waals surface area contributed by atoms with Gasteiger partial charge in [0.2, 0.25) is 6.23 Å². The fraction of sp³-hybridized carbons (Fsp3) is 0.300. The number of halogens is 1. The molecule has 1 saturated heterocycles. The Balaban J connectivity index is 2.09. The zero-order chi connectivity index (χ0) is 10.4. The minimum atomic E-state index is -0.258. The Morgan fingerprint density at radius 3 is 3.20 bits per heavy atom. The number of nitrogens with zero attached hydrogens (tertiary/aromatic N) is 1. The fourth-order valence-electron chi connectivity index (χ4n) is 1.79. The van der Waals surface area contributed by atoms with Gasteiger partial charge in [0.1, 0.15) is 5.75 Å². The molecule has 5 heteroatoms. The summed E-state index contributed by atoms with van der Waals surface area (Å²) < 4.78 is 6.50. The van der Waals surface area contributed by atoms with E-state index in [1.165, 1.54) is 5.06 Å². The molecular formula is C10H8BrNO3. The molecule has 3 rings (SSSR count). The van der Waals surface area contributed by atoms with Crippen LogP contribution in [0.25, 0.3) is 0 Å². The van der Waals surface area contributed by atoms with Crippen LogP contribution < -0.4 is 4.74 Å². The Hall–Kier alpha value is -1.07. The molecule has 0 saturated carbocycles. The average molecular weight is 270 g/mol. The van der Waals surface area contributed by atoms with E-state index < -0.39 is 0 Å². The topological polar surface area (TPSA) is 38.8 Å². The number of fused-ring (bicyclic) bond motifs is 2. The van der Waals surface area contributed by atoms with Gasteiger partial charge in [-0.15, -0.1) is 0 Å². The van der Waals surface area contributed by atoms with Gasteiger partial charge in [0.25, 0.3) is 5.91 Å². The highest BCUT2D eigenvalue weighted by atomic mass is 79.9. The molecule has 4 nitrogen and oxygen atoms in total. The van der Waals surface area contributed by atoms with E-state index in [0.717, 1.165) is 10.9 Å². The maximum absolute atomic E-state index is 12.0. The van der Waals surface area contributed by atoms with Crippen LogP contribution in [0.15, 0.2) is 22.7 Å². The number of amides is 1. The van der Waals surface area contributed by atoms with Crippen LogP contribution in [0.2, 0.25) is 0 Å². The van der Waals surface area contributed by atoms with Crippen molar-refractivity contribution in [3.05, 3.63) is 28.2 Å². The second kappa shape index (κ2) is 3.21. The van der Waals surface area contributed by atoms with E-state index in [-0.39, 0.29) is 12.1 Å². The number of carbonyl (C=O) groups excluding carboxylic acids is 1. The van der Waals surface area contributed by atoms with Crippen molar-refractivity contribution in [1.29, 1.82) is 0 Å². The van der Waals surface area contributed by atoms with E-state index in [9.17, 15) is 4.79 Å². The molecule has 0 spiro atoms. The van der Waals surface area contributed by atoms with Crippen LogP contribution in [0.3, 0.4) is 0 Å². The Kier molecular flexibility index (Phi) is 1.97. The van der Waals surface area contributed by atoms with Crippen LogP contribution in [0, 0.1) is 0 Å². The molecule has 1 atom stereocenters. The largest absolute Gasteiger partial charge is 0.467 e. The minimum Gasteiger partial charge on any atom is -0.467 e. The Bertz CT molecular complexity index is 435. The monoisotopic (exact) mass is 269 g/mol. The van der Waals surface area contributed by atoms with Crippen molar-refractivity contribution in [2.45, 2.75) is 12.6 Å². The molecule has 1 amide bonds. The summed E-state index contributed by atoms with van der Waals surface area (Å²) in [4.78, 5) is 17.2. The lowest BCUT2D eigenvalue weighted by Crippen LogP contribution is -2.42. The van der Waals surface area contributed by atoms with Crippen LogP contribution >= 0.6 is 15.9 Å². The van der Waals surface area contributed by atoms with Gasteiger partial charge in [0.15, 0.2) is 0 Å². The maximum atomic E-state index is 12.0. The summed E-state index contributed by atoms with van der Waals surface area (Å²) in [7, 11) is 0. The van der Waals surface area contributed by atoms with Gasteiger partial charge >= 0.3 is 0 Å². The summed E-state index contributed by atoms with van der Waals surface area (Å²) in [6.45, 7) is 0.533. The number of carbonyl (C=O) groups is 1. The molecule has 1 fully saturated rings. The van der Waals surface area contributed by atoms with E-state index in [2.05, 4.69) is 15.9 Å². The molecular weight excluding hydrogens is 262 g/mol. The van der Waals surface area contributed by atoms with E-state index in [0.29, 0.717) is 17.9 Å². The Labute approximate surface area is 94.8 Å². The SMILES string of the molecule is O=C1c2cc(Br)ccc2O[C@@H]2CCON12. The minimum absolute atomic E-state index is 0.125. The molecule has 78 valence electrons. The van der Waals surface area contributed by atoms with E-state index >= 15 is 0 Å². The molecule has 2 aliphatic heterocycles. The van der Waals surface area contributed by atoms with E-state index in [1.54, 1.807) is 12.1 Å². The predicted octanol–water partition coefficient (Wildman–Crippen LogP) is 1.95. The highest BCUT2D eigenvalue weighted by molar-refractivity contribution is 9.10. The van der Waals surface area contributed by atoms with Gasteiger partial charge in [-0.3, -0.25) is 9.63 Å². The summed E-state index contributed by atoms with van der Waals surface area (Å²) in [6, 6.07) is 5.40. The van der Waals surface area contributed by atoms with Crippen molar-refractivity contribution in [2.24, 2.45) is 0 Å². The maximum Gasteiger partial charge on any atom is 0.284 e. The van der Waals surface area contributed by atoms with Crippen molar-refractivity contribution >= 4 is 21.8 Å². The number of ether oxygens (including phenoxy) is 1. The lowest BCUT2D eigenvalue weighted by Gasteiger charge is -2.29. The predicted molar refractivity (Wildman–Crippen MR) is 55.3 cm³/mol. The Morgan fingerprint density at radius 2 is 2.33 bits per heavy atom. The molecule has 2 heterocycles. The second-order valence-electron chi connectivity index (χ2n) is 3.47. The van der Waals surface area contributed by atoms with E-state index in [1.807, 2.05) is 6.07 Å². The Morgan fingerprint density at radius 1 is 1.47 bits per heavy atom. The lowest BCUT2D eigenvalue weighted by atomic mass is 10.1. The molecule has 1 aromatic rings. The normalized spacial score (nSPS) is 23.4. The molecule has 0 bridgehead atoms. The second-order valence-corrected chi connectivity index (χ2v) is 4.38. The third-order valence-corrected chi connectivity index (χ3v) is 2.99. The summed E-state index contributed by atoms with van der Waals surface area (Å²) in [5.74, 6) is 0.509. The van der Waals surface area contributed by atoms with Gasteiger partial charge in [0, 0.05) is 10.9 Å². The first-order chi connectivity index (χ1) is 7.25. The van der Waals surface area contributed by atoms with Crippen molar-refractivity contribution in [1.82, 2.24) is 5.06 Å². The number of hydrogen-bond donors (Lipinski definition) is 0. The summed E-state index contributed by atoms with van der Waals surface area (Å²) in [6.07, 6.45) is 0.465. The molecule has 2 aliphatic rings.